The van der Waals surface area contributed by atoms with E-state index in [4.69, 9.17) is 4.74 Å². The summed E-state index contributed by atoms with van der Waals surface area (Å²) in [7, 11) is -1.90. The third kappa shape index (κ3) is 3.01. The average molecular weight is 345 g/mol. The van der Waals surface area contributed by atoms with Crippen molar-refractivity contribution in [1.82, 2.24) is 0 Å². The summed E-state index contributed by atoms with van der Waals surface area (Å²) in [5.41, 5.74) is 3.41. The van der Waals surface area contributed by atoms with Gasteiger partial charge in [-0.1, -0.05) is 18.2 Å². The Morgan fingerprint density at radius 2 is 1.83 bits per heavy atom. The number of amides is 1. The third-order valence-electron chi connectivity index (χ3n) is 4.30. The van der Waals surface area contributed by atoms with E-state index in [1.807, 2.05) is 32.0 Å². The van der Waals surface area contributed by atoms with E-state index >= 15 is 0 Å². The van der Waals surface area contributed by atoms with E-state index in [0.717, 1.165) is 16.7 Å². The smallest absolute Gasteiger partial charge is 0.264 e. The van der Waals surface area contributed by atoms with Gasteiger partial charge in [0.25, 0.3) is 5.91 Å². The van der Waals surface area contributed by atoms with Crippen molar-refractivity contribution in [2.45, 2.75) is 24.5 Å². The van der Waals surface area contributed by atoms with Gasteiger partial charge < -0.3 is 9.64 Å². The van der Waals surface area contributed by atoms with Crippen molar-refractivity contribution in [3.8, 4) is 5.75 Å². The van der Waals surface area contributed by atoms with Crippen molar-refractivity contribution in [2.75, 3.05) is 18.6 Å². The molecule has 5 nitrogen and oxygen atoms in total. The zero-order valence-corrected chi connectivity index (χ0v) is 14.7. The topological polar surface area (TPSA) is 63.7 Å². The largest absolute Gasteiger partial charge is 0.482 e. The summed E-state index contributed by atoms with van der Waals surface area (Å²) in [6, 6.07) is 10.3. The summed E-state index contributed by atoms with van der Waals surface area (Å²) < 4.78 is 30.8. The van der Waals surface area contributed by atoms with E-state index in [1.54, 1.807) is 13.1 Å². The van der Waals surface area contributed by atoms with Crippen LogP contribution < -0.4 is 9.64 Å². The van der Waals surface area contributed by atoms with Gasteiger partial charge in [0.15, 0.2) is 16.4 Å². The van der Waals surface area contributed by atoms with Crippen molar-refractivity contribution in [3.05, 3.63) is 53.1 Å². The highest BCUT2D eigenvalue weighted by Crippen LogP contribution is 2.34. The Labute approximate surface area is 141 Å². The van der Waals surface area contributed by atoms with Crippen molar-refractivity contribution in [2.24, 2.45) is 0 Å². The van der Waals surface area contributed by atoms with Crippen LogP contribution in [0.2, 0.25) is 0 Å². The molecule has 2 aromatic carbocycles. The second-order valence-corrected chi connectivity index (χ2v) is 8.04. The number of carbonyl (C=O) groups excluding carboxylic acids is 1. The van der Waals surface area contributed by atoms with Crippen LogP contribution in [-0.4, -0.2) is 28.0 Å². The van der Waals surface area contributed by atoms with Gasteiger partial charge in [-0.25, -0.2) is 8.42 Å². The lowest BCUT2D eigenvalue weighted by molar-refractivity contribution is -0.120. The molecule has 0 fully saturated rings. The minimum atomic E-state index is -3.51. The zero-order chi connectivity index (χ0) is 17.5. The predicted molar refractivity (Wildman–Crippen MR) is 92.2 cm³/mol. The number of hydrogen-bond donors (Lipinski definition) is 0. The highest BCUT2D eigenvalue weighted by molar-refractivity contribution is 7.90. The van der Waals surface area contributed by atoms with Crippen molar-refractivity contribution >= 4 is 21.4 Å². The predicted octanol–water partition coefficient (Wildman–Crippen LogP) is 2.63. The Bertz CT molecular complexity index is 919. The number of likely N-dealkylation sites (N-methyl/N-ethyl adjacent to an activating group) is 1. The maximum atomic E-state index is 12.7. The molecular formula is C18H19NO4S. The molecule has 1 heterocycles. The van der Waals surface area contributed by atoms with E-state index in [1.165, 1.54) is 17.0 Å². The summed E-state index contributed by atoms with van der Waals surface area (Å²) in [5.74, 6) is 0.235. The van der Waals surface area contributed by atoms with Crippen LogP contribution in [0.15, 0.2) is 41.3 Å². The monoisotopic (exact) mass is 345 g/mol. The van der Waals surface area contributed by atoms with Gasteiger partial charge >= 0.3 is 0 Å². The van der Waals surface area contributed by atoms with Crippen LogP contribution in [0, 0.1) is 13.8 Å². The SMILES string of the molecule is Cc1ccc(CS(=O)(=O)c2ccc3c(c2)N(C)C(=O)CO3)cc1C. The highest BCUT2D eigenvalue weighted by atomic mass is 32.2. The Balaban J connectivity index is 1.95. The standard InChI is InChI=1S/C18H19NO4S/c1-12-4-5-14(8-13(12)2)11-24(21,22)15-6-7-17-16(9-15)19(3)18(20)10-23-17/h4-9H,10-11H2,1-3H3. The number of ether oxygens (including phenoxy) is 1. The maximum absolute atomic E-state index is 12.7. The lowest BCUT2D eigenvalue weighted by atomic mass is 10.1. The first-order chi connectivity index (χ1) is 11.3. The van der Waals surface area contributed by atoms with Crippen LogP contribution in [0.1, 0.15) is 16.7 Å². The van der Waals surface area contributed by atoms with E-state index in [-0.39, 0.29) is 23.2 Å². The van der Waals surface area contributed by atoms with Crippen LogP contribution >= 0.6 is 0 Å². The number of hydrogen-bond acceptors (Lipinski definition) is 4. The van der Waals surface area contributed by atoms with E-state index in [0.29, 0.717) is 11.4 Å². The van der Waals surface area contributed by atoms with Crippen molar-refractivity contribution < 1.29 is 17.9 Å². The molecule has 0 atom stereocenters. The number of rotatable bonds is 3. The Hall–Kier alpha value is -2.34. The molecule has 0 aromatic heterocycles. The molecule has 126 valence electrons. The number of fused-ring (bicyclic) bond motifs is 1. The van der Waals surface area contributed by atoms with Crippen LogP contribution in [0.25, 0.3) is 0 Å². The molecule has 0 saturated heterocycles. The second kappa shape index (κ2) is 5.94. The van der Waals surface area contributed by atoms with Gasteiger partial charge in [0.05, 0.1) is 16.3 Å². The summed E-state index contributed by atoms with van der Waals surface area (Å²) >= 11 is 0. The fourth-order valence-electron chi connectivity index (χ4n) is 2.64. The molecule has 1 aliphatic rings. The fraction of sp³-hybridized carbons (Fsp3) is 0.278. The van der Waals surface area contributed by atoms with Crippen LogP contribution in [-0.2, 0) is 20.4 Å². The number of nitrogens with zero attached hydrogens (tertiary/aromatic N) is 1. The minimum Gasteiger partial charge on any atom is -0.482 e. The van der Waals surface area contributed by atoms with Gasteiger partial charge in [0.1, 0.15) is 5.75 Å². The van der Waals surface area contributed by atoms with Gasteiger partial charge in [-0.3, -0.25) is 4.79 Å². The van der Waals surface area contributed by atoms with Gasteiger partial charge in [-0.2, -0.15) is 0 Å². The number of carbonyl (C=O) groups is 1. The molecular weight excluding hydrogens is 326 g/mol. The maximum Gasteiger partial charge on any atom is 0.264 e. The molecule has 3 rings (SSSR count). The summed E-state index contributed by atoms with van der Waals surface area (Å²) in [4.78, 5) is 13.3. The third-order valence-corrected chi connectivity index (χ3v) is 5.99. The van der Waals surface area contributed by atoms with Gasteiger partial charge in [-0.05, 0) is 48.7 Å². The van der Waals surface area contributed by atoms with Gasteiger partial charge in [-0.15, -0.1) is 0 Å². The summed E-state index contributed by atoms with van der Waals surface area (Å²) in [6.07, 6.45) is 0. The first kappa shape index (κ1) is 16.5. The Morgan fingerprint density at radius 3 is 2.54 bits per heavy atom. The zero-order valence-electron chi connectivity index (χ0n) is 13.9. The van der Waals surface area contributed by atoms with E-state index in [9.17, 15) is 13.2 Å². The fourth-order valence-corrected chi connectivity index (χ4v) is 3.99. The molecule has 1 aliphatic heterocycles. The average Bonchev–Trinajstić information content (AvgIpc) is 2.54. The van der Waals surface area contributed by atoms with Crippen LogP contribution in [0.5, 0.6) is 5.75 Å². The normalized spacial score (nSPS) is 14.3. The molecule has 1 amide bonds. The van der Waals surface area contributed by atoms with E-state index < -0.39 is 9.84 Å². The first-order valence-corrected chi connectivity index (χ1v) is 9.25. The number of benzene rings is 2. The molecule has 0 saturated carbocycles. The van der Waals surface area contributed by atoms with Crippen molar-refractivity contribution in [3.63, 3.8) is 0 Å². The molecule has 0 spiro atoms. The molecule has 24 heavy (non-hydrogen) atoms. The first-order valence-electron chi connectivity index (χ1n) is 7.60. The summed E-state index contributed by atoms with van der Waals surface area (Å²) in [6.45, 7) is 3.92. The number of sulfone groups is 1. The molecule has 2 aromatic rings. The molecule has 6 heteroatoms. The number of anilines is 1. The minimum absolute atomic E-state index is 0.0295. The Morgan fingerprint density at radius 1 is 1.08 bits per heavy atom. The Kier molecular flexibility index (Phi) is 4.09. The van der Waals surface area contributed by atoms with Crippen LogP contribution in [0.4, 0.5) is 5.69 Å². The highest BCUT2D eigenvalue weighted by Gasteiger charge is 2.25. The molecule has 0 N–H and O–H groups in total. The molecule has 0 aliphatic carbocycles. The molecule has 0 radical (unpaired) electrons. The summed E-state index contributed by atoms with van der Waals surface area (Å²) in [5, 5.41) is 0. The van der Waals surface area contributed by atoms with E-state index in [2.05, 4.69) is 0 Å². The van der Waals surface area contributed by atoms with Gasteiger partial charge in [0.2, 0.25) is 0 Å². The van der Waals surface area contributed by atoms with Crippen LogP contribution in [0.3, 0.4) is 0 Å². The van der Waals surface area contributed by atoms with Crippen molar-refractivity contribution in [1.29, 1.82) is 0 Å². The number of aryl methyl sites for hydroxylation is 2. The lowest BCUT2D eigenvalue weighted by Gasteiger charge is -2.26. The second-order valence-electron chi connectivity index (χ2n) is 6.05. The lowest BCUT2D eigenvalue weighted by Crippen LogP contribution is -2.35. The van der Waals surface area contributed by atoms with Gasteiger partial charge in [0, 0.05) is 7.05 Å². The molecule has 0 unspecified atom stereocenters. The quantitative estimate of drug-likeness (QED) is 0.858. The molecule has 0 bridgehead atoms.